The van der Waals surface area contributed by atoms with Crippen LogP contribution in [0.25, 0.3) is 0 Å². The summed E-state index contributed by atoms with van der Waals surface area (Å²) in [5, 5.41) is 2.82. The van der Waals surface area contributed by atoms with Crippen molar-refractivity contribution in [1.29, 1.82) is 0 Å². The number of amides is 2. The average molecular weight is 296 g/mol. The number of ether oxygens (including phenoxy) is 1. The van der Waals surface area contributed by atoms with E-state index in [1.165, 1.54) is 18.3 Å². The number of aromatic nitrogens is 1. The standard InChI is InChI=1S/C13H16N2O4S/c1-3-10-14-9(7-20-10)6-19-13(18)8(2)15-11(16)4-5-12(15)17/h7-8H,3-6H2,1-2H3/t8-/m1/s1. The molecule has 7 heteroatoms. The second-order valence-electron chi connectivity index (χ2n) is 4.53. The monoisotopic (exact) mass is 296 g/mol. The van der Waals surface area contributed by atoms with Gasteiger partial charge in [0, 0.05) is 18.2 Å². The minimum atomic E-state index is -0.873. The van der Waals surface area contributed by atoms with Crippen molar-refractivity contribution in [3.8, 4) is 0 Å². The van der Waals surface area contributed by atoms with Crippen molar-refractivity contribution in [2.45, 2.75) is 45.8 Å². The molecule has 1 aromatic heterocycles. The maximum atomic E-state index is 11.9. The van der Waals surface area contributed by atoms with E-state index >= 15 is 0 Å². The molecule has 0 saturated carbocycles. The number of hydrogen-bond acceptors (Lipinski definition) is 6. The molecule has 0 bridgehead atoms. The normalized spacial score (nSPS) is 16.6. The highest BCUT2D eigenvalue weighted by Crippen LogP contribution is 2.17. The van der Waals surface area contributed by atoms with E-state index in [-0.39, 0.29) is 31.3 Å². The number of rotatable bonds is 5. The average Bonchev–Trinajstić information content (AvgIpc) is 3.02. The van der Waals surface area contributed by atoms with Crippen LogP contribution in [0.4, 0.5) is 0 Å². The van der Waals surface area contributed by atoms with Crippen molar-refractivity contribution in [2.75, 3.05) is 0 Å². The number of carbonyl (C=O) groups excluding carboxylic acids is 3. The molecule has 1 aliphatic rings. The number of nitrogens with zero attached hydrogens (tertiary/aromatic N) is 2. The Balaban J connectivity index is 1.91. The molecule has 0 aromatic carbocycles. The van der Waals surface area contributed by atoms with E-state index in [2.05, 4.69) is 4.98 Å². The molecule has 0 N–H and O–H groups in total. The molecule has 1 aromatic rings. The van der Waals surface area contributed by atoms with Crippen molar-refractivity contribution >= 4 is 29.1 Å². The molecule has 108 valence electrons. The number of esters is 1. The number of carbonyl (C=O) groups is 3. The largest absolute Gasteiger partial charge is 0.458 e. The summed E-state index contributed by atoms with van der Waals surface area (Å²) in [4.78, 5) is 40.2. The van der Waals surface area contributed by atoms with Gasteiger partial charge in [0.2, 0.25) is 11.8 Å². The smallest absolute Gasteiger partial charge is 0.329 e. The summed E-state index contributed by atoms with van der Waals surface area (Å²) in [5.41, 5.74) is 0.687. The van der Waals surface area contributed by atoms with Crippen molar-refractivity contribution in [3.05, 3.63) is 16.1 Å². The molecule has 1 saturated heterocycles. The van der Waals surface area contributed by atoms with Crippen molar-refractivity contribution in [1.82, 2.24) is 9.88 Å². The fraction of sp³-hybridized carbons (Fsp3) is 0.538. The first-order valence-corrected chi connectivity index (χ1v) is 7.35. The lowest BCUT2D eigenvalue weighted by Gasteiger charge is -2.20. The van der Waals surface area contributed by atoms with Gasteiger partial charge in [0.15, 0.2) is 0 Å². The van der Waals surface area contributed by atoms with Crippen LogP contribution >= 0.6 is 11.3 Å². The molecule has 0 aliphatic carbocycles. The Kier molecular flexibility index (Phi) is 4.49. The lowest BCUT2D eigenvalue weighted by molar-refractivity contribution is -0.158. The van der Waals surface area contributed by atoms with E-state index in [4.69, 9.17) is 4.74 Å². The summed E-state index contributed by atoms with van der Waals surface area (Å²) >= 11 is 1.51. The van der Waals surface area contributed by atoms with Gasteiger partial charge >= 0.3 is 5.97 Å². The first-order chi connectivity index (χ1) is 9.52. The van der Waals surface area contributed by atoms with Gasteiger partial charge in [-0.05, 0) is 13.3 Å². The van der Waals surface area contributed by atoms with Gasteiger partial charge in [-0.15, -0.1) is 11.3 Å². The van der Waals surface area contributed by atoms with Crippen molar-refractivity contribution < 1.29 is 19.1 Å². The third kappa shape index (κ3) is 3.04. The Bertz CT molecular complexity index is 524. The van der Waals surface area contributed by atoms with E-state index in [1.54, 1.807) is 0 Å². The van der Waals surface area contributed by atoms with Gasteiger partial charge < -0.3 is 4.74 Å². The minimum Gasteiger partial charge on any atom is -0.458 e. The van der Waals surface area contributed by atoms with Gasteiger partial charge in [-0.25, -0.2) is 9.78 Å². The van der Waals surface area contributed by atoms with Crippen LogP contribution < -0.4 is 0 Å². The highest BCUT2D eigenvalue weighted by molar-refractivity contribution is 7.09. The summed E-state index contributed by atoms with van der Waals surface area (Å²) in [7, 11) is 0. The number of imide groups is 1. The molecule has 2 amide bonds. The van der Waals surface area contributed by atoms with Crippen molar-refractivity contribution in [2.24, 2.45) is 0 Å². The van der Waals surface area contributed by atoms with Gasteiger partial charge in [-0.1, -0.05) is 6.92 Å². The van der Waals surface area contributed by atoms with E-state index in [1.807, 2.05) is 12.3 Å². The van der Waals surface area contributed by atoms with Gasteiger partial charge in [0.05, 0.1) is 10.7 Å². The van der Waals surface area contributed by atoms with E-state index in [0.717, 1.165) is 16.3 Å². The molecule has 1 aliphatic heterocycles. The van der Waals surface area contributed by atoms with E-state index in [9.17, 15) is 14.4 Å². The molecular weight excluding hydrogens is 280 g/mol. The van der Waals surface area contributed by atoms with Crippen molar-refractivity contribution in [3.63, 3.8) is 0 Å². The zero-order chi connectivity index (χ0) is 14.7. The summed E-state index contributed by atoms with van der Waals surface area (Å²) in [6, 6.07) is -0.873. The summed E-state index contributed by atoms with van der Waals surface area (Å²) < 4.78 is 5.12. The highest BCUT2D eigenvalue weighted by atomic mass is 32.1. The van der Waals surface area contributed by atoms with E-state index in [0.29, 0.717) is 5.69 Å². The van der Waals surface area contributed by atoms with Crippen LogP contribution in [-0.4, -0.2) is 33.7 Å². The number of hydrogen-bond donors (Lipinski definition) is 0. The maximum Gasteiger partial charge on any atom is 0.329 e. The zero-order valence-electron chi connectivity index (χ0n) is 11.4. The number of thiazole rings is 1. The molecule has 0 spiro atoms. The first-order valence-electron chi connectivity index (χ1n) is 6.47. The maximum absolute atomic E-state index is 11.9. The molecule has 1 atom stereocenters. The third-order valence-electron chi connectivity index (χ3n) is 3.08. The topological polar surface area (TPSA) is 76.6 Å². The second-order valence-corrected chi connectivity index (χ2v) is 5.47. The Morgan fingerprint density at radius 1 is 1.45 bits per heavy atom. The fourth-order valence-corrected chi connectivity index (χ4v) is 2.70. The predicted octanol–water partition coefficient (Wildman–Crippen LogP) is 1.29. The van der Waals surface area contributed by atoms with Gasteiger partial charge in [-0.2, -0.15) is 0 Å². The lowest BCUT2D eigenvalue weighted by atomic mass is 10.3. The Labute approximate surface area is 120 Å². The van der Waals surface area contributed by atoms with E-state index < -0.39 is 12.0 Å². The molecule has 0 unspecified atom stereocenters. The second kappa shape index (κ2) is 6.13. The van der Waals surface area contributed by atoms with Crippen LogP contribution in [0.2, 0.25) is 0 Å². The quantitative estimate of drug-likeness (QED) is 0.604. The molecule has 2 rings (SSSR count). The number of likely N-dealkylation sites (tertiary alicyclic amines) is 1. The SMILES string of the molecule is CCc1nc(COC(=O)[C@@H](C)N2C(=O)CCC2=O)cs1. The van der Waals surface area contributed by atoms with Crippen LogP contribution in [0.15, 0.2) is 5.38 Å². The molecule has 1 fully saturated rings. The molecular formula is C13H16N2O4S. The van der Waals surface area contributed by atoms with Gasteiger partial charge in [0.25, 0.3) is 0 Å². The van der Waals surface area contributed by atoms with Crippen LogP contribution in [0, 0.1) is 0 Å². The Hall–Kier alpha value is -1.76. The highest BCUT2D eigenvalue weighted by Gasteiger charge is 2.36. The van der Waals surface area contributed by atoms with Crippen LogP contribution in [0.1, 0.15) is 37.4 Å². The Morgan fingerprint density at radius 3 is 2.65 bits per heavy atom. The molecule has 2 heterocycles. The van der Waals surface area contributed by atoms with Crippen LogP contribution in [-0.2, 0) is 32.1 Å². The van der Waals surface area contributed by atoms with Gasteiger partial charge in [0.1, 0.15) is 12.6 Å². The fourth-order valence-electron chi connectivity index (χ4n) is 1.97. The number of aryl methyl sites for hydroxylation is 1. The first kappa shape index (κ1) is 14.6. The zero-order valence-corrected chi connectivity index (χ0v) is 12.2. The Morgan fingerprint density at radius 2 is 2.10 bits per heavy atom. The summed E-state index contributed by atoms with van der Waals surface area (Å²) in [6.07, 6.45) is 1.18. The summed E-state index contributed by atoms with van der Waals surface area (Å²) in [5.74, 6) is -1.22. The third-order valence-corrected chi connectivity index (χ3v) is 4.12. The minimum absolute atomic E-state index is 0.0654. The van der Waals surface area contributed by atoms with Crippen LogP contribution in [0.3, 0.4) is 0 Å². The van der Waals surface area contributed by atoms with Gasteiger partial charge in [-0.3, -0.25) is 14.5 Å². The predicted molar refractivity (Wildman–Crippen MR) is 71.8 cm³/mol. The lowest BCUT2D eigenvalue weighted by Crippen LogP contribution is -2.43. The summed E-state index contributed by atoms with van der Waals surface area (Å²) in [6.45, 7) is 3.57. The molecule has 6 nitrogen and oxygen atoms in total. The molecule has 20 heavy (non-hydrogen) atoms. The molecule has 0 radical (unpaired) electrons. The van der Waals surface area contributed by atoms with Crippen LogP contribution in [0.5, 0.6) is 0 Å².